The highest BCUT2D eigenvalue weighted by atomic mass is 16.6. The lowest BCUT2D eigenvalue weighted by atomic mass is 9.97. The lowest BCUT2D eigenvalue weighted by Crippen LogP contribution is -2.44. The van der Waals surface area contributed by atoms with Crippen molar-refractivity contribution in [2.75, 3.05) is 57.9 Å². The SMILES string of the molecule is CN1CCN(c2c/c(=C/CC3COCCO3)c3c(O)c4ccccc4c4onc2c34)CC1. The van der Waals surface area contributed by atoms with E-state index in [-0.39, 0.29) is 11.9 Å². The molecule has 2 fully saturated rings. The molecule has 7 nitrogen and oxygen atoms in total. The predicted molar refractivity (Wildman–Crippen MR) is 125 cm³/mol. The molecule has 1 N–H and O–H groups in total. The molecular formula is C25H27N3O4. The minimum Gasteiger partial charge on any atom is -0.507 e. The highest BCUT2D eigenvalue weighted by Crippen LogP contribution is 2.41. The summed E-state index contributed by atoms with van der Waals surface area (Å²) in [5, 5.41) is 20.2. The van der Waals surface area contributed by atoms with Gasteiger partial charge in [-0.05, 0) is 24.8 Å². The van der Waals surface area contributed by atoms with Crippen LogP contribution < -0.4 is 10.1 Å². The second-order valence-electron chi connectivity index (χ2n) is 8.79. The van der Waals surface area contributed by atoms with Gasteiger partial charge in [-0.25, -0.2) is 0 Å². The van der Waals surface area contributed by atoms with Crippen LogP contribution in [0.3, 0.4) is 0 Å². The Kier molecular flexibility index (Phi) is 4.90. The van der Waals surface area contributed by atoms with Crippen LogP contribution in [0.15, 0.2) is 34.9 Å². The van der Waals surface area contributed by atoms with Crippen LogP contribution in [-0.2, 0) is 9.47 Å². The van der Waals surface area contributed by atoms with E-state index in [2.05, 4.69) is 34.1 Å². The van der Waals surface area contributed by atoms with Gasteiger partial charge in [-0.15, -0.1) is 0 Å². The summed E-state index contributed by atoms with van der Waals surface area (Å²) in [5.41, 5.74) is 2.60. The topological polar surface area (TPSA) is 71.2 Å². The second kappa shape index (κ2) is 7.92. The number of phenols is 1. The molecule has 2 aliphatic rings. The number of ether oxygens (including phenoxy) is 2. The van der Waals surface area contributed by atoms with E-state index < -0.39 is 0 Å². The first-order valence-corrected chi connectivity index (χ1v) is 11.3. The van der Waals surface area contributed by atoms with E-state index in [1.807, 2.05) is 24.3 Å². The first-order valence-electron chi connectivity index (χ1n) is 11.3. The van der Waals surface area contributed by atoms with Gasteiger partial charge in [0.1, 0.15) is 11.3 Å². The fraction of sp³-hybridized carbons (Fsp3) is 0.400. The number of aromatic hydroxyl groups is 1. The largest absolute Gasteiger partial charge is 0.507 e. The van der Waals surface area contributed by atoms with Crippen molar-refractivity contribution in [3.8, 4) is 5.75 Å². The smallest absolute Gasteiger partial charge is 0.176 e. The molecule has 0 amide bonds. The average Bonchev–Trinajstić information content (AvgIpc) is 3.28. The molecule has 0 radical (unpaired) electrons. The van der Waals surface area contributed by atoms with Crippen LogP contribution in [-0.4, -0.2) is 74.3 Å². The van der Waals surface area contributed by atoms with Gasteiger partial charge in [-0.3, -0.25) is 0 Å². The summed E-state index contributed by atoms with van der Waals surface area (Å²) in [5.74, 6) is 0.276. The van der Waals surface area contributed by atoms with Crippen LogP contribution in [0.5, 0.6) is 5.75 Å². The van der Waals surface area contributed by atoms with Gasteiger partial charge in [0.2, 0.25) is 0 Å². The molecule has 3 heterocycles. The number of hydrogen-bond donors (Lipinski definition) is 1. The predicted octanol–water partition coefficient (Wildman–Crippen LogP) is 2.90. The van der Waals surface area contributed by atoms with Crippen molar-refractivity contribution in [3.05, 3.63) is 35.6 Å². The van der Waals surface area contributed by atoms with Gasteiger partial charge < -0.3 is 28.9 Å². The number of rotatable bonds is 3. The van der Waals surface area contributed by atoms with Crippen molar-refractivity contribution in [1.82, 2.24) is 10.1 Å². The van der Waals surface area contributed by atoms with E-state index in [9.17, 15) is 5.11 Å². The normalized spacial score (nSPS) is 21.3. The molecule has 1 atom stereocenters. The van der Waals surface area contributed by atoms with Crippen LogP contribution in [0, 0.1) is 0 Å². The van der Waals surface area contributed by atoms with Crippen molar-refractivity contribution in [1.29, 1.82) is 0 Å². The summed E-state index contributed by atoms with van der Waals surface area (Å²) < 4.78 is 17.3. The molecular weight excluding hydrogens is 406 g/mol. The minimum absolute atomic E-state index is 0.0266. The summed E-state index contributed by atoms with van der Waals surface area (Å²) in [4.78, 5) is 4.71. The fourth-order valence-corrected chi connectivity index (χ4v) is 4.97. The number of piperazine rings is 1. The third kappa shape index (κ3) is 3.20. The van der Waals surface area contributed by atoms with Crippen molar-refractivity contribution in [3.63, 3.8) is 0 Å². The minimum atomic E-state index is 0.0266. The maximum atomic E-state index is 11.3. The molecule has 7 heteroatoms. The van der Waals surface area contributed by atoms with Crippen molar-refractivity contribution < 1.29 is 19.1 Å². The number of nitrogens with zero attached hydrogens (tertiary/aromatic N) is 3. The molecule has 0 spiro atoms. The van der Waals surface area contributed by atoms with Gasteiger partial charge >= 0.3 is 0 Å². The Bertz CT molecular complexity index is 1330. The van der Waals surface area contributed by atoms with E-state index in [0.717, 1.165) is 76.2 Å². The molecule has 2 saturated heterocycles. The zero-order valence-electron chi connectivity index (χ0n) is 18.2. The Morgan fingerprint density at radius 3 is 2.69 bits per heavy atom. The maximum absolute atomic E-state index is 11.3. The van der Waals surface area contributed by atoms with Crippen LogP contribution in [0.2, 0.25) is 0 Å². The van der Waals surface area contributed by atoms with Crippen molar-refractivity contribution in [2.45, 2.75) is 12.5 Å². The van der Waals surface area contributed by atoms with Crippen molar-refractivity contribution >= 4 is 44.4 Å². The van der Waals surface area contributed by atoms with Crippen molar-refractivity contribution in [2.24, 2.45) is 0 Å². The quantitative estimate of drug-likeness (QED) is 0.498. The zero-order chi connectivity index (χ0) is 21.7. The Balaban J connectivity index is 1.60. The summed E-state index contributed by atoms with van der Waals surface area (Å²) in [7, 11) is 2.15. The number of phenolic OH excluding ortho intramolecular Hbond substituents is 1. The maximum Gasteiger partial charge on any atom is 0.176 e. The molecule has 1 aromatic heterocycles. The molecule has 3 aromatic carbocycles. The fourth-order valence-electron chi connectivity index (χ4n) is 4.97. The van der Waals surface area contributed by atoms with E-state index >= 15 is 0 Å². The van der Waals surface area contributed by atoms with Crippen LogP contribution in [0.4, 0.5) is 5.69 Å². The number of fused-ring (bicyclic) bond motifs is 2. The van der Waals surface area contributed by atoms with Gasteiger partial charge in [0.15, 0.2) is 5.58 Å². The highest BCUT2D eigenvalue weighted by Gasteiger charge is 2.24. The van der Waals surface area contributed by atoms with E-state index in [1.54, 1.807) is 0 Å². The molecule has 0 saturated carbocycles. The average molecular weight is 434 g/mol. The Morgan fingerprint density at radius 1 is 1.09 bits per heavy atom. The third-order valence-electron chi connectivity index (χ3n) is 6.76. The van der Waals surface area contributed by atoms with Gasteiger partial charge in [0, 0.05) is 42.3 Å². The Labute approximate surface area is 185 Å². The van der Waals surface area contributed by atoms with Gasteiger partial charge in [-0.2, -0.15) is 0 Å². The number of aromatic nitrogens is 1. The van der Waals surface area contributed by atoms with Crippen LogP contribution >= 0.6 is 0 Å². The molecule has 32 heavy (non-hydrogen) atoms. The van der Waals surface area contributed by atoms with E-state index in [0.29, 0.717) is 19.8 Å². The van der Waals surface area contributed by atoms with Crippen LogP contribution in [0.1, 0.15) is 6.42 Å². The summed E-state index contributed by atoms with van der Waals surface area (Å²) in [6, 6.07) is 9.96. The molecule has 0 aliphatic carbocycles. The Hall–Kier alpha value is -2.87. The van der Waals surface area contributed by atoms with Crippen LogP contribution in [0.25, 0.3) is 38.7 Å². The molecule has 166 valence electrons. The lowest BCUT2D eigenvalue weighted by molar-refractivity contribution is -0.0848. The molecule has 1 unspecified atom stereocenters. The summed E-state index contributed by atoms with van der Waals surface area (Å²) in [6.45, 7) is 5.72. The Morgan fingerprint density at radius 2 is 1.91 bits per heavy atom. The molecule has 2 aliphatic heterocycles. The first kappa shape index (κ1) is 19.8. The lowest BCUT2D eigenvalue weighted by Gasteiger charge is -2.34. The number of anilines is 1. The molecule has 6 rings (SSSR count). The zero-order valence-corrected chi connectivity index (χ0v) is 18.2. The molecule has 0 bridgehead atoms. The number of likely N-dealkylation sites (N-methyl/N-ethyl adjacent to an activating group) is 1. The summed E-state index contributed by atoms with van der Waals surface area (Å²) in [6.07, 6.45) is 2.91. The van der Waals surface area contributed by atoms with Gasteiger partial charge in [0.25, 0.3) is 0 Å². The summed E-state index contributed by atoms with van der Waals surface area (Å²) >= 11 is 0. The first-order chi connectivity index (χ1) is 15.7. The van der Waals surface area contributed by atoms with E-state index in [4.69, 9.17) is 14.0 Å². The number of benzene rings is 3. The second-order valence-corrected chi connectivity index (χ2v) is 8.79. The highest BCUT2D eigenvalue weighted by molar-refractivity contribution is 6.23. The molecule has 4 aromatic rings. The van der Waals surface area contributed by atoms with Gasteiger partial charge in [-0.1, -0.05) is 35.5 Å². The monoisotopic (exact) mass is 433 g/mol. The third-order valence-corrected chi connectivity index (χ3v) is 6.76. The van der Waals surface area contributed by atoms with E-state index in [1.165, 1.54) is 0 Å². The standard InChI is InChI=1S/C25H27N3O4/c1-27-8-10-28(11-9-27)20-14-16(6-7-17-15-30-12-13-31-17)21-22-23(20)26-32-25(22)19-5-3-2-4-18(19)24(21)29/h2-6,14,17,29H,7-13,15H2,1H3/b16-6-. The van der Waals surface area contributed by atoms with Gasteiger partial charge in [0.05, 0.1) is 37.0 Å². The number of hydrogen-bond acceptors (Lipinski definition) is 7.